The van der Waals surface area contributed by atoms with Gasteiger partial charge in [-0.2, -0.15) is 0 Å². The number of aryl methyl sites for hydroxylation is 1. The average Bonchev–Trinajstić information content (AvgIpc) is 2.62. The summed E-state index contributed by atoms with van der Waals surface area (Å²) in [6, 6.07) is 16.8. The van der Waals surface area contributed by atoms with Crippen molar-refractivity contribution in [2.45, 2.75) is 6.92 Å². The van der Waals surface area contributed by atoms with Crippen molar-refractivity contribution in [2.24, 2.45) is 0 Å². The molecule has 5 heteroatoms. The zero-order valence-electron chi connectivity index (χ0n) is 13.7. The van der Waals surface area contributed by atoms with Crippen molar-refractivity contribution in [3.63, 3.8) is 0 Å². The van der Waals surface area contributed by atoms with E-state index in [0.29, 0.717) is 0 Å². The lowest BCUT2D eigenvalue weighted by atomic mass is 10.1. The molecule has 1 fully saturated rings. The molecule has 2 aromatic carbocycles. The standard InChI is InChI=1S/C19H20N4.ClH/c1-14-6-8-15(9-7-14)18-16-4-2-3-5-17(16)21-19(22-18)23-12-10-20-11-13-23;/h2-9,20H,10-13H2,1H3;1H. The van der Waals surface area contributed by atoms with Gasteiger partial charge in [0.05, 0.1) is 11.2 Å². The minimum atomic E-state index is 0. The number of fused-ring (bicyclic) bond motifs is 1. The van der Waals surface area contributed by atoms with Gasteiger partial charge in [-0.25, -0.2) is 9.97 Å². The van der Waals surface area contributed by atoms with Gasteiger partial charge < -0.3 is 10.2 Å². The van der Waals surface area contributed by atoms with Crippen molar-refractivity contribution >= 4 is 29.3 Å². The van der Waals surface area contributed by atoms with Crippen LogP contribution in [-0.2, 0) is 0 Å². The highest BCUT2D eigenvalue weighted by Gasteiger charge is 2.16. The molecule has 0 saturated carbocycles. The first-order chi connectivity index (χ1) is 11.3. The molecule has 0 spiro atoms. The van der Waals surface area contributed by atoms with Gasteiger partial charge in [0, 0.05) is 37.1 Å². The Bertz CT molecular complexity index is 826. The molecule has 4 nitrogen and oxygen atoms in total. The highest BCUT2D eigenvalue weighted by molar-refractivity contribution is 5.93. The van der Waals surface area contributed by atoms with E-state index in [1.165, 1.54) is 5.56 Å². The molecular weight excluding hydrogens is 320 g/mol. The second-order valence-electron chi connectivity index (χ2n) is 5.99. The number of hydrogen-bond donors (Lipinski definition) is 1. The molecule has 24 heavy (non-hydrogen) atoms. The molecule has 4 rings (SSSR count). The van der Waals surface area contributed by atoms with Crippen molar-refractivity contribution in [2.75, 3.05) is 31.1 Å². The van der Waals surface area contributed by atoms with Crippen LogP contribution in [0.1, 0.15) is 5.56 Å². The van der Waals surface area contributed by atoms with Crippen molar-refractivity contribution in [1.82, 2.24) is 15.3 Å². The predicted octanol–water partition coefficient (Wildman–Crippen LogP) is 3.44. The van der Waals surface area contributed by atoms with Crippen molar-refractivity contribution in [3.8, 4) is 11.3 Å². The lowest BCUT2D eigenvalue weighted by molar-refractivity contribution is 0.581. The molecule has 2 heterocycles. The third kappa shape index (κ3) is 3.21. The summed E-state index contributed by atoms with van der Waals surface area (Å²) in [5.41, 5.74) is 4.43. The van der Waals surface area contributed by atoms with Gasteiger partial charge in [0.25, 0.3) is 0 Å². The second kappa shape index (κ2) is 7.16. The van der Waals surface area contributed by atoms with Crippen LogP contribution in [0.25, 0.3) is 22.2 Å². The van der Waals surface area contributed by atoms with Crippen LogP contribution in [0.4, 0.5) is 5.95 Å². The van der Waals surface area contributed by atoms with Crippen LogP contribution in [-0.4, -0.2) is 36.1 Å². The normalized spacial score (nSPS) is 14.5. The third-order valence-corrected chi connectivity index (χ3v) is 4.32. The van der Waals surface area contributed by atoms with E-state index in [-0.39, 0.29) is 12.4 Å². The number of hydrogen-bond acceptors (Lipinski definition) is 4. The van der Waals surface area contributed by atoms with E-state index in [9.17, 15) is 0 Å². The minimum Gasteiger partial charge on any atom is -0.338 e. The molecule has 0 aliphatic carbocycles. The van der Waals surface area contributed by atoms with Crippen molar-refractivity contribution in [1.29, 1.82) is 0 Å². The second-order valence-corrected chi connectivity index (χ2v) is 5.99. The Hall–Kier alpha value is -2.17. The molecule has 0 amide bonds. The fraction of sp³-hybridized carbons (Fsp3) is 0.263. The van der Waals surface area contributed by atoms with Crippen LogP contribution < -0.4 is 10.2 Å². The highest BCUT2D eigenvalue weighted by Crippen LogP contribution is 2.28. The number of nitrogens with zero attached hydrogens (tertiary/aromatic N) is 3. The largest absolute Gasteiger partial charge is 0.338 e. The number of aromatic nitrogens is 2. The maximum absolute atomic E-state index is 4.91. The third-order valence-electron chi connectivity index (χ3n) is 4.32. The molecule has 1 N–H and O–H groups in total. The number of halogens is 1. The summed E-state index contributed by atoms with van der Waals surface area (Å²) in [7, 11) is 0. The Morgan fingerprint density at radius 1 is 0.917 bits per heavy atom. The van der Waals surface area contributed by atoms with E-state index in [2.05, 4.69) is 53.5 Å². The molecule has 1 aliphatic rings. The number of nitrogens with one attached hydrogen (secondary N) is 1. The summed E-state index contributed by atoms with van der Waals surface area (Å²) in [4.78, 5) is 12.0. The Kier molecular flexibility index (Phi) is 4.97. The number of rotatable bonds is 2. The van der Waals surface area contributed by atoms with E-state index in [1.54, 1.807) is 0 Å². The van der Waals surface area contributed by atoms with Crippen LogP contribution >= 0.6 is 12.4 Å². The number of anilines is 1. The minimum absolute atomic E-state index is 0. The topological polar surface area (TPSA) is 41.1 Å². The van der Waals surface area contributed by atoms with E-state index in [0.717, 1.165) is 54.3 Å². The number of para-hydroxylation sites is 1. The molecule has 0 atom stereocenters. The summed E-state index contributed by atoms with van der Waals surface area (Å²) in [6.07, 6.45) is 0. The zero-order chi connectivity index (χ0) is 15.6. The first kappa shape index (κ1) is 16.7. The van der Waals surface area contributed by atoms with Crippen LogP contribution in [0.2, 0.25) is 0 Å². The number of piperazine rings is 1. The van der Waals surface area contributed by atoms with Gasteiger partial charge in [0.15, 0.2) is 0 Å². The van der Waals surface area contributed by atoms with Crippen molar-refractivity contribution in [3.05, 3.63) is 54.1 Å². The molecule has 1 aliphatic heterocycles. The maximum Gasteiger partial charge on any atom is 0.226 e. The van der Waals surface area contributed by atoms with E-state index in [1.807, 2.05) is 12.1 Å². The molecule has 0 bridgehead atoms. The molecule has 124 valence electrons. The van der Waals surface area contributed by atoms with Crippen LogP contribution in [0.15, 0.2) is 48.5 Å². The summed E-state index contributed by atoms with van der Waals surface area (Å²) in [6.45, 7) is 5.97. The van der Waals surface area contributed by atoms with E-state index >= 15 is 0 Å². The Labute approximate surface area is 148 Å². The van der Waals surface area contributed by atoms with Crippen LogP contribution in [0.5, 0.6) is 0 Å². The van der Waals surface area contributed by atoms with Crippen LogP contribution in [0, 0.1) is 6.92 Å². The quantitative estimate of drug-likeness (QED) is 0.776. The molecule has 1 aromatic heterocycles. The summed E-state index contributed by atoms with van der Waals surface area (Å²) >= 11 is 0. The Balaban J connectivity index is 0.00000169. The summed E-state index contributed by atoms with van der Waals surface area (Å²) in [5.74, 6) is 0.834. The van der Waals surface area contributed by atoms with E-state index < -0.39 is 0 Å². The monoisotopic (exact) mass is 340 g/mol. The zero-order valence-corrected chi connectivity index (χ0v) is 14.5. The smallest absolute Gasteiger partial charge is 0.226 e. The first-order valence-corrected chi connectivity index (χ1v) is 8.11. The van der Waals surface area contributed by atoms with Gasteiger partial charge in [0.1, 0.15) is 0 Å². The lowest BCUT2D eigenvalue weighted by Crippen LogP contribution is -2.44. The molecule has 1 saturated heterocycles. The van der Waals surface area contributed by atoms with Gasteiger partial charge >= 0.3 is 0 Å². The molecular formula is C19H21ClN4. The van der Waals surface area contributed by atoms with Gasteiger partial charge in [-0.3, -0.25) is 0 Å². The average molecular weight is 341 g/mol. The SMILES string of the molecule is Cc1ccc(-c2nc(N3CCNCC3)nc3ccccc23)cc1.Cl. The molecule has 0 unspecified atom stereocenters. The fourth-order valence-corrected chi connectivity index (χ4v) is 3.00. The van der Waals surface area contributed by atoms with Crippen molar-refractivity contribution < 1.29 is 0 Å². The van der Waals surface area contributed by atoms with E-state index in [4.69, 9.17) is 9.97 Å². The lowest BCUT2D eigenvalue weighted by Gasteiger charge is -2.28. The molecule has 0 radical (unpaired) electrons. The van der Waals surface area contributed by atoms with Gasteiger partial charge in [-0.05, 0) is 13.0 Å². The summed E-state index contributed by atoms with van der Waals surface area (Å²) < 4.78 is 0. The summed E-state index contributed by atoms with van der Waals surface area (Å²) in [5, 5.41) is 4.48. The first-order valence-electron chi connectivity index (χ1n) is 8.11. The Morgan fingerprint density at radius 3 is 2.38 bits per heavy atom. The fourth-order valence-electron chi connectivity index (χ4n) is 3.00. The predicted molar refractivity (Wildman–Crippen MR) is 102 cm³/mol. The van der Waals surface area contributed by atoms with Gasteiger partial charge in [-0.15, -0.1) is 12.4 Å². The van der Waals surface area contributed by atoms with Gasteiger partial charge in [-0.1, -0.05) is 48.0 Å². The van der Waals surface area contributed by atoms with Crippen LogP contribution in [0.3, 0.4) is 0 Å². The highest BCUT2D eigenvalue weighted by atomic mass is 35.5. The number of benzene rings is 2. The Morgan fingerprint density at radius 2 is 1.62 bits per heavy atom. The molecule has 3 aromatic rings. The maximum atomic E-state index is 4.91. The van der Waals surface area contributed by atoms with Gasteiger partial charge in [0.2, 0.25) is 5.95 Å².